The normalized spacial score (nSPS) is 23.0. The number of methoxy groups -OCH3 is 2. The zero-order valence-corrected chi connectivity index (χ0v) is 12.4. The summed E-state index contributed by atoms with van der Waals surface area (Å²) >= 11 is 0. The van der Waals surface area contributed by atoms with Crippen molar-refractivity contribution >= 4 is 18.1 Å². The van der Waals surface area contributed by atoms with Gasteiger partial charge in [0.15, 0.2) is 0 Å². The minimum absolute atomic E-state index is 0.448. The molecule has 3 N–H and O–H groups in total. The summed E-state index contributed by atoms with van der Waals surface area (Å²) in [5, 5.41) is 2.60. The number of allylic oxidation sites excluding steroid dienone is 2. The van der Waals surface area contributed by atoms with Crippen LogP contribution in [0.15, 0.2) is 42.5 Å². The van der Waals surface area contributed by atoms with E-state index in [2.05, 4.69) is 5.32 Å². The number of rotatable bonds is 5. The molecule has 22 heavy (non-hydrogen) atoms. The van der Waals surface area contributed by atoms with E-state index in [1.54, 1.807) is 42.5 Å². The van der Waals surface area contributed by atoms with Crippen LogP contribution in [-0.4, -0.2) is 26.6 Å². The Morgan fingerprint density at radius 2 is 2.14 bits per heavy atom. The molecule has 0 aliphatic heterocycles. The molecule has 1 aliphatic rings. The summed E-state index contributed by atoms with van der Waals surface area (Å²) in [6.07, 6.45) is 7.45. The molecule has 0 saturated carbocycles. The topological polar surface area (TPSA) is 90.7 Å². The lowest BCUT2D eigenvalue weighted by atomic mass is 9.75. The van der Waals surface area contributed by atoms with Gasteiger partial charge in [-0.05, 0) is 6.07 Å². The number of esters is 1. The number of nitrogens with one attached hydrogen (secondary N) is 1. The summed E-state index contributed by atoms with van der Waals surface area (Å²) in [4.78, 5) is 22.9. The monoisotopic (exact) mass is 302 g/mol. The van der Waals surface area contributed by atoms with E-state index in [9.17, 15) is 9.59 Å². The van der Waals surface area contributed by atoms with Crippen molar-refractivity contribution in [2.24, 2.45) is 11.7 Å². The van der Waals surface area contributed by atoms with Gasteiger partial charge < -0.3 is 20.5 Å². The van der Waals surface area contributed by atoms with E-state index < -0.39 is 17.4 Å². The van der Waals surface area contributed by atoms with Crippen LogP contribution in [0.25, 0.3) is 0 Å². The Morgan fingerprint density at radius 1 is 1.36 bits per heavy atom. The number of ether oxygens (including phenoxy) is 2. The molecule has 0 spiro atoms. The molecule has 2 atom stereocenters. The average Bonchev–Trinajstić information content (AvgIpc) is 2.54. The lowest BCUT2D eigenvalue weighted by molar-refractivity contribution is -0.145. The van der Waals surface area contributed by atoms with Crippen LogP contribution in [0.2, 0.25) is 0 Å². The van der Waals surface area contributed by atoms with Crippen LogP contribution >= 0.6 is 0 Å². The fraction of sp³-hybridized carbons (Fsp3) is 0.250. The number of hydrogen-bond acceptors (Lipinski definition) is 5. The van der Waals surface area contributed by atoms with Crippen molar-refractivity contribution in [2.45, 2.75) is 5.54 Å². The third kappa shape index (κ3) is 2.73. The summed E-state index contributed by atoms with van der Waals surface area (Å²) in [6.45, 7) is 0. The first-order chi connectivity index (χ1) is 10.6. The second-order valence-electron chi connectivity index (χ2n) is 4.85. The minimum Gasteiger partial charge on any atom is -0.497 e. The zero-order chi connectivity index (χ0) is 16.2. The van der Waals surface area contributed by atoms with Gasteiger partial charge in [-0.15, -0.1) is 0 Å². The summed E-state index contributed by atoms with van der Waals surface area (Å²) in [5.74, 6) is -0.569. The summed E-state index contributed by atoms with van der Waals surface area (Å²) in [7, 11) is 2.84. The van der Waals surface area contributed by atoms with Crippen LogP contribution < -0.4 is 15.8 Å². The Kier molecular flexibility index (Phi) is 4.62. The lowest BCUT2D eigenvalue weighted by Gasteiger charge is -2.35. The standard InChI is InChI=1S/C16H18N2O4/c1-21-11-6-7-12(14(9-11)18-10-19)16(17)8-4-3-5-13(16)15(20)22-2/h3-10,13H,17H2,1-2H3,(H,18,19). The van der Waals surface area contributed by atoms with Crippen LogP contribution in [0.4, 0.5) is 5.69 Å². The number of anilines is 1. The van der Waals surface area contributed by atoms with Crippen molar-refractivity contribution in [3.05, 3.63) is 48.1 Å². The van der Waals surface area contributed by atoms with Crippen molar-refractivity contribution in [3.8, 4) is 5.75 Å². The number of benzene rings is 1. The van der Waals surface area contributed by atoms with Gasteiger partial charge in [0.1, 0.15) is 11.7 Å². The van der Waals surface area contributed by atoms with Crippen molar-refractivity contribution in [1.29, 1.82) is 0 Å². The Balaban J connectivity index is 2.56. The largest absolute Gasteiger partial charge is 0.497 e. The maximum Gasteiger partial charge on any atom is 0.315 e. The first-order valence-corrected chi connectivity index (χ1v) is 6.68. The number of carbonyl (C=O) groups excluding carboxylic acids is 2. The third-order valence-corrected chi connectivity index (χ3v) is 3.66. The summed E-state index contributed by atoms with van der Waals surface area (Å²) in [6, 6.07) is 5.10. The van der Waals surface area contributed by atoms with E-state index in [4.69, 9.17) is 15.2 Å². The predicted molar refractivity (Wildman–Crippen MR) is 82.3 cm³/mol. The Hall–Kier alpha value is -2.60. The molecule has 0 heterocycles. The predicted octanol–water partition coefficient (Wildman–Crippen LogP) is 1.33. The second-order valence-corrected chi connectivity index (χ2v) is 4.85. The van der Waals surface area contributed by atoms with E-state index in [1.807, 2.05) is 0 Å². The van der Waals surface area contributed by atoms with E-state index in [0.29, 0.717) is 23.4 Å². The lowest BCUT2D eigenvalue weighted by Crippen LogP contribution is -2.47. The molecule has 2 rings (SSSR count). The SMILES string of the molecule is COC(=O)C1C=CC=CC1(N)c1ccc(OC)cc1NC=O. The van der Waals surface area contributed by atoms with Gasteiger partial charge in [-0.1, -0.05) is 30.4 Å². The molecule has 1 aliphatic carbocycles. The molecule has 0 fully saturated rings. The van der Waals surface area contributed by atoms with Crippen LogP contribution in [0.1, 0.15) is 5.56 Å². The maximum atomic E-state index is 12.0. The van der Waals surface area contributed by atoms with Crippen LogP contribution in [0.5, 0.6) is 5.75 Å². The van der Waals surface area contributed by atoms with Crippen molar-refractivity contribution < 1.29 is 19.1 Å². The Labute approximate surface area is 128 Å². The Bertz CT molecular complexity index is 639. The van der Waals surface area contributed by atoms with E-state index in [-0.39, 0.29) is 0 Å². The highest BCUT2D eigenvalue weighted by atomic mass is 16.5. The quantitative estimate of drug-likeness (QED) is 0.632. The van der Waals surface area contributed by atoms with Gasteiger partial charge >= 0.3 is 5.97 Å². The molecule has 1 aromatic rings. The molecule has 0 saturated heterocycles. The van der Waals surface area contributed by atoms with E-state index >= 15 is 0 Å². The fourth-order valence-electron chi connectivity index (χ4n) is 2.52. The average molecular weight is 302 g/mol. The minimum atomic E-state index is -1.13. The van der Waals surface area contributed by atoms with Crippen molar-refractivity contribution in [1.82, 2.24) is 0 Å². The van der Waals surface area contributed by atoms with E-state index in [1.165, 1.54) is 14.2 Å². The number of nitrogens with two attached hydrogens (primary N) is 1. The summed E-state index contributed by atoms with van der Waals surface area (Å²) in [5.41, 5.74) is 6.43. The molecule has 6 nitrogen and oxygen atoms in total. The van der Waals surface area contributed by atoms with Gasteiger partial charge in [-0.3, -0.25) is 9.59 Å². The van der Waals surface area contributed by atoms with Crippen LogP contribution in [0, 0.1) is 5.92 Å². The summed E-state index contributed by atoms with van der Waals surface area (Å²) < 4.78 is 9.98. The van der Waals surface area contributed by atoms with Gasteiger partial charge in [0.2, 0.25) is 6.41 Å². The van der Waals surface area contributed by atoms with Crippen LogP contribution in [-0.2, 0) is 19.9 Å². The van der Waals surface area contributed by atoms with Crippen molar-refractivity contribution in [3.63, 3.8) is 0 Å². The molecular weight excluding hydrogens is 284 g/mol. The van der Waals surface area contributed by atoms with Crippen LogP contribution in [0.3, 0.4) is 0 Å². The molecule has 1 aromatic carbocycles. The molecule has 0 bridgehead atoms. The fourth-order valence-corrected chi connectivity index (χ4v) is 2.52. The van der Waals surface area contributed by atoms with Gasteiger partial charge in [0.05, 0.1) is 19.8 Å². The molecule has 0 radical (unpaired) electrons. The molecule has 2 unspecified atom stereocenters. The first kappa shape index (κ1) is 15.8. The highest BCUT2D eigenvalue weighted by Crippen LogP contribution is 2.38. The number of hydrogen-bond donors (Lipinski definition) is 2. The van der Waals surface area contributed by atoms with Gasteiger partial charge in [0.25, 0.3) is 0 Å². The number of amides is 1. The molecule has 0 aromatic heterocycles. The third-order valence-electron chi connectivity index (χ3n) is 3.66. The van der Waals surface area contributed by atoms with E-state index in [0.717, 1.165) is 0 Å². The molecule has 116 valence electrons. The first-order valence-electron chi connectivity index (χ1n) is 6.68. The smallest absolute Gasteiger partial charge is 0.315 e. The highest BCUT2D eigenvalue weighted by molar-refractivity contribution is 5.81. The highest BCUT2D eigenvalue weighted by Gasteiger charge is 2.41. The van der Waals surface area contributed by atoms with Gasteiger partial charge in [-0.2, -0.15) is 0 Å². The maximum absolute atomic E-state index is 12.0. The number of carbonyl (C=O) groups is 2. The zero-order valence-electron chi connectivity index (χ0n) is 12.4. The Morgan fingerprint density at radius 3 is 2.77 bits per heavy atom. The molecular formula is C16H18N2O4. The second kappa shape index (κ2) is 6.44. The van der Waals surface area contributed by atoms with Gasteiger partial charge in [0, 0.05) is 17.3 Å². The molecule has 1 amide bonds. The van der Waals surface area contributed by atoms with Gasteiger partial charge in [-0.25, -0.2) is 0 Å². The molecule has 6 heteroatoms. The van der Waals surface area contributed by atoms with Crippen molar-refractivity contribution in [2.75, 3.05) is 19.5 Å².